The molecule has 0 aliphatic rings. The topological polar surface area (TPSA) is 101 Å². The number of anilines is 1. The number of hydrogen-bond donors (Lipinski definition) is 3. The molecule has 1 heterocycles. The molecule has 16 heavy (non-hydrogen) atoms. The van der Waals surface area contributed by atoms with Gasteiger partial charge in [0.05, 0.1) is 13.2 Å². The van der Waals surface area contributed by atoms with Crippen LogP contribution >= 0.6 is 0 Å². The fraction of sp³-hybridized carbons (Fsp3) is 0.400. The monoisotopic (exact) mass is 225 g/mol. The van der Waals surface area contributed by atoms with E-state index in [0.717, 1.165) is 0 Å². The molecular formula is C10H15N3O3. The molecule has 6 nitrogen and oxygen atoms in total. The number of hydrogen-bond acceptors (Lipinski definition) is 5. The molecule has 0 aliphatic carbocycles. The van der Waals surface area contributed by atoms with Crippen LogP contribution < -0.4 is 11.4 Å². The first-order chi connectivity index (χ1) is 7.58. The molecular weight excluding hydrogens is 210 g/mol. The summed E-state index contributed by atoms with van der Waals surface area (Å²) in [6.07, 6.45) is 1.50. The molecule has 0 unspecified atom stereocenters. The minimum Gasteiger partial charge on any atom is -0.396 e. The van der Waals surface area contributed by atoms with Crippen LogP contribution in [0.3, 0.4) is 0 Å². The summed E-state index contributed by atoms with van der Waals surface area (Å²) in [6, 6.07) is 1.50. The van der Waals surface area contributed by atoms with Gasteiger partial charge >= 0.3 is 5.69 Å². The highest BCUT2D eigenvalue weighted by Gasteiger charge is 2.11. The van der Waals surface area contributed by atoms with Crippen LogP contribution in [0.2, 0.25) is 0 Å². The quantitative estimate of drug-likeness (QED) is 0.557. The summed E-state index contributed by atoms with van der Waals surface area (Å²) in [5, 5.41) is 17.9. The molecule has 1 aromatic rings. The second-order valence-corrected chi connectivity index (χ2v) is 3.48. The van der Waals surface area contributed by atoms with Gasteiger partial charge in [-0.25, -0.2) is 4.79 Å². The van der Waals surface area contributed by atoms with Crippen LogP contribution in [0.4, 0.5) is 5.82 Å². The van der Waals surface area contributed by atoms with Crippen molar-refractivity contribution in [3.05, 3.63) is 34.9 Å². The number of nitrogens with zero attached hydrogens (tertiary/aromatic N) is 2. The molecule has 1 aromatic heterocycles. The number of rotatable bonds is 5. The summed E-state index contributed by atoms with van der Waals surface area (Å²) in [4.78, 5) is 14.9. The van der Waals surface area contributed by atoms with Gasteiger partial charge in [-0.3, -0.25) is 4.57 Å². The fourth-order valence-corrected chi connectivity index (χ4v) is 1.23. The summed E-state index contributed by atoms with van der Waals surface area (Å²) < 4.78 is 1.32. The van der Waals surface area contributed by atoms with Crippen LogP contribution in [0.5, 0.6) is 0 Å². The van der Waals surface area contributed by atoms with Gasteiger partial charge in [-0.2, -0.15) is 4.98 Å². The molecule has 0 bridgehead atoms. The van der Waals surface area contributed by atoms with Crippen molar-refractivity contribution in [2.75, 3.05) is 18.9 Å². The van der Waals surface area contributed by atoms with Gasteiger partial charge < -0.3 is 15.9 Å². The van der Waals surface area contributed by atoms with E-state index in [4.69, 9.17) is 15.9 Å². The van der Waals surface area contributed by atoms with Crippen LogP contribution in [0, 0.1) is 5.92 Å². The molecule has 0 aromatic carbocycles. The molecule has 0 amide bonds. The van der Waals surface area contributed by atoms with E-state index in [1.54, 1.807) is 0 Å². The first kappa shape index (κ1) is 12.4. The van der Waals surface area contributed by atoms with E-state index < -0.39 is 11.6 Å². The van der Waals surface area contributed by atoms with Crippen molar-refractivity contribution < 1.29 is 10.2 Å². The van der Waals surface area contributed by atoms with Crippen molar-refractivity contribution in [1.82, 2.24) is 9.55 Å². The van der Waals surface area contributed by atoms with Gasteiger partial charge in [0.25, 0.3) is 0 Å². The van der Waals surface area contributed by atoms with Crippen molar-refractivity contribution >= 4 is 5.82 Å². The third kappa shape index (κ3) is 2.91. The van der Waals surface area contributed by atoms with Gasteiger partial charge in [0.2, 0.25) is 0 Å². The molecule has 0 saturated heterocycles. The Morgan fingerprint density at radius 3 is 2.69 bits per heavy atom. The fourth-order valence-electron chi connectivity index (χ4n) is 1.23. The van der Waals surface area contributed by atoms with Crippen LogP contribution in [-0.4, -0.2) is 33.0 Å². The lowest BCUT2D eigenvalue weighted by Gasteiger charge is -2.15. The highest BCUT2D eigenvalue weighted by atomic mass is 16.3. The van der Waals surface area contributed by atoms with Gasteiger partial charge in [-0.1, -0.05) is 6.58 Å². The summed E-state index contributed by atoms with van der Waals surface area (Å²) in [7, 11) is 0. The van der Waals surface area contributed by atoms with Crippen LogP contribution in [-0.2, 0) is 6.54 Å². The lowest BCUT2D eigenvalue weighted by molar-refractivity contribution is 0.168. The Morgan fingerprint density at radius 2 is 2.19 bits per heavy atom. The maximum absolute atomic E-state index is 11.4. The van der Waals surface area contributed by atoms with Crippen molar-refractivity contribution in [2.45, 2.75) is 6.54 Å². The average Bonchev–Trinajstić information content (AvgIpc) is 2.24. The first-order valence-electron chi connectivity index (χ1n) is 4.80. The molecule has 1 rings (SSSR count). The van der Waals surface area contributed by atoms with Gasteiger partial charge in [-0.05, 0) is 11.6 Å². The Morgan fingerprint density at radius 1 is 1.56 bits per heavy atom. The molecule has 0 spiro atoms. The molecule has 0 aliphatic heterocycles. The van der Waals surface area contributed by atoms with Gasteiger partial charge in [-0.15, -0.1) is 0 Å². The Balaban J connectivity index is 2.81. The van der Waals surface area contributed by atoms with Gasteiger partial charge in [0.1, 0.15) is 5.82 Å². The summed E-state index contributed by atoms with van der Waals surface area (Å²) in [5.74, 6) is -0.266. The number of nitrogens with two attached hydrogens (primary N) is 1. The van der Waals surface area contributed by atoms with Crippen LogP contribution in [0.15, 0.2) is 29.2 Å². The molecule has 0 atom stereocenters. The van der Waals surface area contributed by atoms with E-state index in [1.165, 1.54) is 16.8 Å². The van der Waals surface area contributed by atoms with Gasteiger partial charge in [0.15, 0.2) is 0 Å². The summed E-state index contributed by atoms with van der Waals surface area (Å²) >= 11 is 0. The van der Waals surface area contributed by atoms with Gasteiger partial charge in [0, 0.05) is 18.7 Å². The number of aromatic nitrogens is 2. The second kappa shape index (κ2) is 5.43. The minimum absolute atomic E-state index is 0.160. The largest absolute Gasteiger partial charge is 0.396 e. The maximum atomic E-state index is 11.4. The lowest BCUT2D eigenvalue weighted by Crippen LogP contribution is -2.26. The number of aliphatic hydroxyl groups excluding tert-OH is 2. The highest BCUT2D eigenvalue weighted by molar-refractivity contribution is 5.23. The molecule has 0 radical (unpaired) electrons. The van der Waals surface area contributed by atoms with E-state index >= 15 is 0 Å². The standard InChI is InChI=1S/C10H15N3O3/c1-7(8(5-14)6-15)4-13-3-2-9(11)12-10(13)16/h2-3,8,14-15H,1,4-6H2,(H2,11,12,16). The highest BCUT2D eigenvalue weighted by Crippen LogP contribution is 2.09. The average molecular weight is 225 g/mol. The van der Waals surface area contributed by atoms with E-state index in [2.05, 4.69) is 11.6 Å². The van der Waals surface area contributed by atoms with Crippen molar-refractivity contribution in [3.63, 3.8) is 0 Å². The van der Waals surface area contributed by atoms with E-state index in [-0.39, 0.29) is 25.6 Å². The molecule has 4 N–H and O–H groups in total. The van der Waals surface area contributed by atoms with Crippen molar-refractivity contribution in [3.8, 4) is 0 Å². The molecule has 88 valence electrons. The van der Waals surface area contributed by atoms with E-state index in [0.29, 0.717) is 5.57 Å². The molecule has 0 fully saturated rings. The van der Waals surface area contributed by atoms with Crippen LogP contribution in [0.25, 0.3) is 0 Å². The SMILES string of the molecule is C=C(Cn1ccc(N)nc1=O)C(CO)CO. The smallest absolute Gasteiger partial charge is 0.349 e. The second-order valence-electron chi connectivity index (χ2n) is 3.48. The summed E-state index contributed by atoms with van der Waals surface area (Å²) in [6.45, 7) is 3.52. The molecule has 0 saturated carbocycles. The Labute approximate surface area is 92.7 Å². The Kier molecular flexibility index (Phi) is 4.21. The Bertz CT molecular complexity index is 424. The summed E-state index contributed by atoms with van der Waals surface area (Å²) in [5.41, 5.74) is 5.44. The lowest BCUT2D eigenvalue weighted by atomic mass is 10.0. The first-order valence-corrected chi connectivity index (χ1v) is 4.80. The minimum atomic E-state index is -0.476. The zero-order chi connectivity index (χ0) is 12.1. The van der Waals surface area contributed by atoms with E-state index in [9.17, 15) is 4.79 Å². The zero-order valence-corrected chi connectivity index (χ0v) is 8.83. The third-order valence-electron chi connectivity index (χ3n) is 2.29. The third-order valence-corrected chi connectivity index (χ3v) is 2.29. The number of nitrogen functional groups attached to an aromatic ring is 1. The maximum Gasteiger partial charge on any atom is 0.349 e. The predicted octanol–water partition coefficient (Wildman–Crippen LogP) is -1.02. The van der Waals surface area contributed by atoms with E-state index in [1.807, 2.05) is 0 Å². The molecule has 6 heteroatoms. The normalized spacial score (nSPS) is 10.7. The predicted molar refractivity (Wildman–Crippen MR) is 59.7 cm³/mol. The van der Waals surface area contributed by atoms with Crippen molar-refractivity contribution in [1.29, 1.82) is 0 Å². The van der Waals surface area contributed by atoms with Crippen molar-refractivity contribution in [2.24, 2.45) is 5.92 Å². The number of aliphatic hydroxyl groups is 2. The Hall–Kier alpha value is -1.66. The zero-order valence-electron chi connectivity index (χ0n) is 8.83. The van der Waals surface area contributed by atoms with Crippen LogP contribution in [0.1, 0.15) is 0 Å².